The highest BCUT2D eigenvalue weighted by atomic mass is 19.4. The fourth-order valence-corrected chi connectivity index (χ4v) is 1.89. The summed E-state index contributed by atoms with van der Waals surface area (Å²) in [5, 5.41) is 3.08. The zero-order valence-corrected chi connectivity index (χ0v) is 16.1. The quantitative estimate of drug-likeness (QED) is 0.565. The number of hydrogen-bond acceptors (Lipinski definition) is 6. The smallest absolute Gasteiger partial charge is 0.405 e. The highest BCUT2D eigenvalue weighted by molar-refractivity contribution is 5.97. The number of alkyl halides is 3. The molecule has 0 bridgehead atoms. The molecule has 0 unspecified atom stereocenters. The number of hydrogen-bond donors (Lipinski definition) is 2. The van der Waals surface area contributed by atoms with Gasteiger partial charge in [0.05, 0.1) is 18.8 Å². The number of imide groups is 1. The molecule has 0 aliphatic rings. The molecular formula is C18H23F3N2O6. The molecule has 1 aromatic carbocycles. The van der Waals surface area contributed by atoms with Gasteiger partial charge in [0.2, 0.25) is 0 Å². The first-order valence-electron chi connectivity index (χ1n) is 8.87. The van der Waals surface area contributed by atoms with E-state index < -0.39 is 37.2 Å². The van der Waals surface area contributed by atoms with Crippen molar-refractivity contribution in [2.75, 3.05) is 26.4 Å². The highest BCUT2D eigenvalue weighted by Crippen LogP contribution is 2.29. The standard InChI is InChI=1S/C18H23F3N2O6/c1-3-7-27-13-6-5-12(9-14(13)28-8-4-2)16(25)29-10-15(24)23-17(26)22-11-18(19,20)21/h5-6,9H,3-4,7-8,10-11H2,1-2H3,(H2,22,23,24,26). The lowest BCUT2D eigenvalue weighted by Gasteiger charge is -2.13. The Morgan fingerprint density at radius 2 is 1.62 bits per heavy atom. The number of carbonyl (C=O) groups is 3. The van der Waals surface area contributed by atoms with Crippen molar-refractivity contribution >= 4 is 17.9 Å². The maximum Gasteiger partial charge on any atom is 0.405 e. The monoisotopic (exact) mass is 420 g/mol. The zero-order chi connectivity index (χ0) is 21.9. The van der Waals surface area contributed by atoms with Gasteiger partial charge in [-0.3, -0.25) is 10.1 Å². The van der Waals surface area contributed by atoms with E-state index in [2.05, 4.69) is 0 Å². The van der Waals surface area contributed by atoms with Crippen molar-refractivity contribution in [3.8, 4) is 11.5 Å². The van der Waals surface area contributed by atoms with Crippen LogP contribution in [0.1, 0.15) is 37.0 Å². The average molecular weight is 420 g/mol. The van der Waals surface area contributed by atoms with E-state index in [1.807, 2.05) is 13.8 Å². The molecule has 0 fully saturated rings. The third-order valence-corrected chi connectivity index (χ3v) is 3.14. The van der Waals surface area contributed by atoms with Gasteiger partial charge in [-0.05, 0) is 31.0 Å². The number of halogens is 3. The predicted molar refractivity (Wildman–Crippen MR) is 95.9 cm³/mol. The Morgan fingerprint density at radius 3 is 2.21 bits per heavy atom. The van der Waals surface area contributed by atoms with Gasteiger partial charge >= 0.3 is 18.2 Å². The molecule has 1 aromatic rings. The molecule has 1 rings (SSSR count). The first-order valence-corrected chi connectivity index (χ1v) is 8.87. The third-order valence-electron chi connectivity index (χ3n) is 3.14. The summed E-state index contributed by atoms with van der Waals surface area (Å²) in [6, 6.07) is 3.00. The Morgan fingerprint density at radius 1 is 1.00 bits per heavy atom. The van der Waals surface area contributed by atoms with Crippen LogP contribution >= 0.6 is 0 Å². The van der Waals surface area contributed by atoms with Crippen molar-refractivity contribution in [3.63, 3.8) is 0 Å². The first-order chi connectivity index (χ1) is 13.7. The van der Waals surface area contributed by atoms with Gasteiger partial charge < -0.3 is 19.5 Å². The summed E-state index contributed by atoms with van der Waals surface area (Å²) in [4.78, 5) is 34.8. The summed E-state index contributed by atoms with van der Waals surface area (Å²) in [6.07, 6.45) is -3.10. The van der Waals surface area contributed by atoms with Crippen LogP contribution in [-0.2, 0) is 9.53 Å². The summed E-state index contributed by atoms with van der Waals surface area (Å²) in [7, 11) is 0. The van der Waals surface area contributed by atoms with Crippen molar-refractivity contribution in [2.24, 2.45) is 0 Å². The van der Waals surface area contributed by atoms with E-state index in [-0.39, 0.29) is 5.56 Å². The number of rotatable bonds is 10. The molecule has 0 saturated heterocycles. The minimum Gasteiger partial charge on any atom is -0.490 e. The minimum absolute atomic E-state index is 0.0780. The summed E-state index contributed by atoms with van der Waals surface area (Å²) >= 11 is 0. The van der Waals surface area contributed by atoms with Crippen LogP contribution in [0.15, 0.2) is 18.2 Å². The van der Waals surface area contributed by atoms with Crippen LogP contribution in [0, 0.1) is 0 Å². The summed E-state index contributed by atoms with van der Waals surface area (Å²) in [5.41, 5.74) is 0.0780. The Hall–Kier alpha value is -2.98. The van der Waals surface area contributed by atoms with Crippen molar-refractivity contribution in [2.45, 2.75) is 32.9 Å². The summed E-state index contributed by atoms with van der Waals surface area (Å²) in [6.45, 7) is 2.26. The minimum atomic E-state index is -4.61. The lowest BCUT2D eigenvalue weighted by Crippen LogP contribution is -2.44. The van der Waals surface area contributed by atoms with Crippen LogP contribution < -0.4 is 20.1 Å². The largest absolute Gasteiger partial charge is 0.490 e. The second-order valence-corrected chi connectivity index (χ2v) is 5.78. The molecule has 3 amide bonds. The first kappa shape index (κ1) is 24.1. The Balaban J connectivity index is 2.62. The van der Waals surface area contributed by atoms with E-state index in [9.17, 15) is 27.6 Å². The number of nitrogens with one attached hydrogen (secondary N) is 2. The van der Waals surface area contributed by atoms with Crippen molar-refractivity contribution < 1.29 is 41.8 Å². The van der Waals surface area contributed by atoms with Crippen LogP contribution in [0.2, 0.25) is 0 Å². The van der Waals surface area contributed by atoms with Gasteiger partial charge in [-0.15, -0.1) is 0 Å². The predicted octanol–water partition coefficient (Wildman–Crippen LogP) is 2.81. The van der Waals surface area contributed by atoms with Gasteiger partial charge in [0.25, 0.3) is 5.91 Å². The molecular weight excluding hydrogens is 397 g/mol. The Labute approximate surface area is 165 Å². The van der Waals surface area contributed by atoms with Crippen molar-refractivity contribution in [1.82, 2.24) is 10.6 Å². The lowest BCUT2D eigenvalue weighted by atomic mass is 10.2. The topological polar surface area (TPSA) is 103 Å². The number of ether oxygens (including phenoxy) is 3. The van der Waals surface area contributed by atoms with E-state index in [0.717, 1.165) is 12.8 Å². The van der Waals surface area contributed by atoms with Crippen LogP contribution in [0.4, 0.5) is 18.0 Å². The molecule has 0 aliphatic heterocycles. The van der Waals surface area contributed by atoms with Gasteiger partial charge in [0.15, 0.2) is 18.1 Å². The van der Waals surface area contributed by atoms with Gasteiger partial charge in [-0.25, -0.2) is 9.59 Å². The molecule has 0 saturated carbocycles. The van der Waals surface area contributed by atoms with Crippen molar-refractivity contribution in [1.29, 1.82) is 0 Å². The summed E-state index contributed by atoms with van der Waals surface area (Å²) < 4.78 is 51.8. The van der Waals surface area contributed by atoms with E-state index in [1.54, 1.807) is 5.32 Å². The zero-order valence-electron chi connectivity index (χ0n) is 16.1. The van der Waals surface area contributed by atoms with Crippen LogP contribution in [-0.4, -0.2) is 50.4 Å². The maximum atomic E-state index is 12.1. The average Bonchev–Trinajstić information content (AvgIpc) is 2.67. The van der Waals surface area contributed by atoms with Gasteiger partial charge in [-0.1, -0.05) is 13.8 Å². The fourth-order valence-electron chi connectivity index (χ4n) is 1.89. The van der Waals surface area contributed by atoms with Crippen LogP contribution in [0.3, 0.4) is 0 Å². The third kappa shape index (κ3) is 9.67. The van der Waals surface area contributed by atoms with Crippen molar-refractivity contribution in [3.05, 3.63) is 23.8 Å². The molecule has 162 valence electrons. The van der Waals surface area contributed by atoms with Crippen LogP contribution in [0.5, 0.6) is 11.5 Å². The van der Waals surface area contributed by atoms with E-state index in [0.29, 0.717) is 24.7 Å². The summed E-state index contributed by atoms with van der Waals surface area (Å²) in [5.74, 6) is -1.16. The molecule has 0 heterocycles. The normalized spacial score (nSPS) is 10.8. The Kier molecular flexibility index (Phi) is 9.76. The van der Waals surface area contributed by atoms with Gasteiger partial charge in [0.1, 0.15) is 6.54 Å². The van der Waals surface area contributed by atoms with E-state index in [1.165, 1.54) is 23.5 Å². The molecule has 0 radical (unpaired) electrons. The molecule has 8 nitrogen and oxygen atoms in total. The fraction of sp³-hybridized carbons (Fsp3) is 0.500. The molecule has 11 heteroatoms. The molecule has 0 aliphatic carbocycles. The van der Waals surface area contributed by atoms with Crippen LogP contribution in [0.25, 0.3) is 0 Å². The highest BCUT2D eigenvalue weighted by Gasteiger charge is 2.28. The maximum absolute atomic E-state index is 12.1. The van der Waals surface area contributed by atoms with E-state index in [4.69, 9.17) is 14.2 Å². The molecule has 2 N–H and O–H groups in total. The molecule has 0 aromatic heterocycles. The number of benzene rings is 1. The lowest BCUT2D eigenvalue weighted by molar-refractivity contribution is -0.125. The number of urea groups is 1. The van der Waals surface area contributed by atoms with Gasteiger partial charge in [0, 0.05) is 0 Å². The molecule has 29 heavy (non-hydrogen) atoms. The second-order valence-electron chi connectivity index (χ2n) is 5.78. The van der Waals surface area contributed by atoms with E-state index >= 15 is 0 Å². The Bertz CT molecular complexity index is 709. The number of carbonyl (C=O) groups excluding carboxylic acids is 3. The molecule has 0 atom stereocenters. The molecule has 0 spiro atoms. The van der Waals surface area contributed by atoms with Gasteiger partial charge in [-0.2, -0.15) is 13.2 Å². The number of amides is 3. The second kappa shape index (κ2) is 11.8. The SMILES string of the molecule is CCCOc1ccc(C(=O)OCC(=O)NC(=O)NCC(F)(F)F)cc1OCCC. The number of esters is 1.